The van der Waals surface area contributed by atoms with Crippen molar-refractivity contribution in [3.63, 3.8) is 0 Å². The van der Waals surface area contributed by atoms with Gasteiger partial charge in [-0.05, 0) is 16.7 Å². The van der Waals surface area contributed by atoms with Crippen molar-refractivity contribution in [3.05, 3.63) is 108 Å². The molecule has 0 N–H and O–H groups in total. The Hall–Kier alpha value is -2.52. The summed E-state index contributed by atoms with van der Waals surface area (Å²) in [5.41, 5.74) is 2.51. The molecule has 0 unspecified atom stereocenters. The Morgan fingerprint density at radius 2 is 1.04 bits per heavy atom. The summed E-state index contributed by atoms with van der Waals surface area (Å²) in [6.07, 6.45) is 0.175. The van der Waals surface area contributed by atoms with Crippen molar-refractivity contribution < 1.29 is 8.98 Å². The summed E-state index contributed by atoms with van der Waals surface area (Å²) in [6, 6.07) is 30.1. The number of thiol groups is 1. The number of hydrogen-bond acceptors (Lipinski definition) is 3. The lowest BCUT2D eigenvalue weighted by Crippen LogP contribution is -2.32. The van der Waals surface area contributed by atoms with E-state index >= 15 is 0 Å². The van der Waals surface area contributed by atoms with Crippen molar-refractivity contribution in [1.82, 2.24) is 0 Å². The van der Waals surface area contributed by atoms with E-state index in [9.17, 15) is 4.79 Å². The summed E-state index contributed by atoms with van der Waals surface area (Å²) in [6.45, 7) is 0. The predicted octanol–water partition coefficient (Wildman–Crippen LogP) is 4.80. The molecule has 0 aliphatic carbocycles. The van der Waals surface area contributed by atoms with Gasteiger partial charge in [0, 0.05) is 12.9 Å². The van der Waals surface area contributed by atoms with E-state index in [1.807, 2.05) is 91.0 Å². The molecule has 0 aliphatic rings. The quantitative estimate of drug-likeness (QED) is 0.412. The monoisotopic (exact) mass is 334 g/mol. The maximum absolute atomic E-state index is 12.2. The van der Waals surface area contributed by atoms with Gasteiger partial charge >= 0.3 is 5.97 Å². The standard InChI is InChI=1S/C21H18O2S/c22-20(23-24)16-21(17-10-4-1-5-11-17,18-12-6-2-7-13-18)19-14-8-3-9-15-19/h1-15,24H,16H2. The third-order valence-corrected chi connectivity index (χ3v) is 4.51. The topological polar surface area (TPSA) is 26.3 Å². The van der Waals surface area contributed by atoms with Gasteiger partial charge in [0.05, 0.1) is 11.8 Å². The number of hydrogen-bond donors (Lipinski definition) is 1. The highest BCUT2D eigenvalue weighted by atomic mass is 32.1. The maximum atomic E-state index is 12.2. The van der Waals surface area contributed by atoms with Crippen LogP contribution in [0.5, 0.6) is 0 Å². The Morgan fingerprint density at radius 1 is 0.708 bits per heavy atom. The Bertz CT molecular complexity index is 689. The lowest BCUT2D eigenvalue weighted by Gasteiger charge is -2.35. The summed E-state index contributed by atoms with van der Waals surface area (Å²) in [7, 11) is 0. The fraction of sp³-hybridized carbons (Fsp3) is 0.0952. The molecule has 0 amide bonds. The molecule has 0 bridgehead atoms. The highest BCUT2D eigenvalue weighted by Crippen LogP contribution is 2.42. The first kappa shape index (κ1) is 16.3. The minimum absolute atomic E-state index is 0.175. The van der Waals surface area contributed by atoms with E-state index in [0.717, 1.165) is 16.7 Å². The first-order valence-corrected chi connectivity index (χ1v) is 8.15. The Labute approximate surface area is 147 Å². The molecular weight excluding hydrogens is 316 g/mol. The van der Waals surface area contributed by atoms with Crippen molar-refractivity contribution in [1.29, 1.82) is 0 Å². The largest absolute Gasteiger partial charge is 0.395 e. The van der Waals surface area contributed by atoms with Gasteiger partial charge in [-0.25, -0.2) is 0 Å². The van der Waals surface area contributed by atoms with Gasteiger partial charge in [0.1, 0.15) is 0 Å². The minimum Gasteiger partial charge on any atom is -0.395 e. The number of carbonyl (C=O) groups is 1. The number of benzene rings is 3. The van der Waals surface area contributed by atoms with Gasteiger partial charge in [-0.15, -0.1) is 0 Å². The third kappa shape index (κ3) is 3.08. The van der Waals surface area contributed by atoms with Crippen LogP contribution in [-0.2, 0) is 14.4 Å². The predicted molar refractivity (Wildman–Crippen MR) is 98.9 cm³/mol. The van der Waals surface area contributed by atoms with E-state index in [-0.39, 0.29) is 12.4 Å². The zero-order valence-electron chi connectivity index (χ0n) is 13.1. The van der Waals surface area contributed by atoms with E-state index < -0.39 is 5.41 Å². The first-order chi connectivity index (χ1) is 11.8. The normalized spacial score (nSPS) is 11.0. The highest BCUT2D eigenvalue weighted by Gasteiger charge is 2.38. The lowest BCUT2D eigenvalue weighted by molar-refractivity contribution is -0.133. The van der Waals surface area contributed by atoms with Crippen LogP contribution in [0.15, 0.2) is 91.0 Å². The zero-order chi connectivity index (χ0) is 16.8. The first-order valence-electron chi connectivity index (χ1n) is 7.78. The molecule has 0 heterocycles. The van der Waals surface area contributed by atoms with Crippen LogP contribution in [0.3, 0.4) is 0 Å². The smallest absolute Gasteiger partial charge is 0.319 e. The third-order valence-electron chi connectivity index (χ3n) is 4.31. The summed E-state index contributed by atoms with van der Waals surface area (Å²) in [5.74, 6) is -0.366. The van der Waals surface area contributed by atoms with Crippen LogP contribution < -0.4 is 0 Å². The molecule has 0 saturated carbocycles. The molecule has 0 fully saturated rings. The van der Waals surface area contributed by atoms with Crippen molar-refractivity contribution >= 4 is 18.9 Å². The SMILES string of the molecule is O=C(CC(c1ccccc1)(c1ccccc1)c1ccccc1)OS. The van der Waals surface area contributed by atoms with E-state index in [1.165, 1.54) is 0 Å². The van der Waals surface area contributed by atoms with Crippen molar-refractivity contribution in [3.8, 4) is 0 Å². The molecule has 120 valence electrons. The summed E-state index contributed by atoms with van der Waals surface area (Å²) >= 11 is 3.72. The van der Waals surface area contributed by atoms with Crippen LogP contribution >= 0.6 is 12.9 Å². The van der Waals surface area contributed by atoms with E-state index in [2.05, 4.69) is 12.9 Å². The molecule has 3 aromatic rings. The van der Waals surface area contributed by atoms with Crippen LogP contribution in [0.4, 0.5) is 0 Å². The lowest BCUT2D eigenvalue weighted by atomic mass is 9.67. The molecule has 0 atom stereocenters. The second kappa shape index (κ2) is 7.37. The summed E-state index contributed by atoms with van der Waals surface area (Å²) in [4.78, 5) is 12.2. The van der Waals surface area contributed by atoms with Crippen LogP contribution in [0.25, 0.3) is 0 Å². The van der Waals surface area contributed by atoms with Gasteiger partial charge in [-0.3, -0.25) is 4.79 Å². The minimum atomic E-state index is -0.621. The van der Waals surface area contributed by atoms with Crippen LogP contribution in [0, 0.1) is 0 Å². The Kier molecular flexibility index (Phi) is 5.02. The molecule has 24 heavy (non-hydrogen) atoms. The van der Waals surface area contributed by atoms with Gasteiger partial charge in [-0.1, -0.05) is 91.0 Å². The average Bonchev–Trinajstić information content (AvgIpc) is 2.68. The molecule has 2 nitrogen and oxygen atoms in total. The van der Waals surface area contributed by atoms with E-state index in [4.69, 9.17) is 4.18 Å². The number of rotatable bonds is 5. The van der Waals surface area contributed by atoms with Gasteiger partial charge in [0.2, 0.25) is 0 Å². The van der Waals surface area contributed by atoms with Gasteiger partial charge < -0.3 is 4.18 Å². The molecule has 0 aliphatic heterocycles. The second-order valence-electron chi connectivity index (χ2n) is 5.64. The van der Waals surface area contributed by atoms with Gasteiger partial charge in [0.25, 0.3) is 0 Å². The molecule has 0 aromatic heterocycles. The molecule has 3 heteroatoms. The fourth-order valence-corrected chi connectivity index (χ4v) is 3.29. The van der Waals surface area contributed by atoms with Crippen LogP contribution in [-0.4, -0.2) is 5.97 Å². The maximum Gasteiger partial charge on any atom is 0.319 e. The average molecular weight is 334 g/mol. The van der Waals surface area contributed by atoms with Gasteiger partial charge in [0.15, 0.2) is 0 Å². The molecule has 0 saturated heterocycles. The highest BCUT2D eigenvalue weighted by molar-refractivity contribution is 7.75. The second-order valence-corrected chi connectivity index (χ2v) is 5.83. The summed E-state index contributed by atoms with van der Waals surface area (Å²) < 4.78 is 4.73. The Balaban J connectivity index is 2.30. The molecular formula is C21H18O2S. The van der Waals surface area contributed by atoms with E-state index in [0.29, 0.717) is 0 Å². The Morgan fingerprint density at radius 3 is 1.33 bits per heavy atom. The molecule has 3 aromatic carbocycles. The number of carbonyl (C=O) groups excluding carboxylic acids is 1. The summed E-state index contributed by atoms with van der Waals surface area (Å²) in [5, 5.41) is 0. The van der Waals surface area contributed by atoms with Crippen LogP contribution in [0.2, 0.25) is 0 Å². The fourth-order valence-electron chi connectivity index (χ4n) is 3.22. The molecule has 0 radical (unpaired) electrons. The molecule has 0 spiro atoms. The zero-order valence-corrected chi connectivity index (χ0v) is 14.0. The van der Waals surface area contributed by atoms with Gasteiger partial charge in [-0.2, -0.15) is 0 Å². The van der Waals surface area contributed by atoms with Crippen molar-refractivity contribution in [2.75, 3.05) is 0 Å². The van der Waals surface area contributed by atoms with Crippen molar-refractivity contribution in [2.24, 2.45) is 0 Å². The molecule has 3 rings (SSSR count). The van der Waals surface area contributed by atoms with Crippen LogP contribution in [0.1, 0.15) is 23.1 Å². The van der Waals surface area contributed by atoms with E-state index in [1.54, 1.807) is 0 Å². The van der Waals surface area contributed by atoms with Crippen molar-refractivity contribution in [2.45, 2.75) is 11.8 Å².